The molecule has 0 aliphatic rings. The third-order valence-electron chi connectivity index (χ3n) is 2.49. The van der Waals surface area contributed by atoms with E-state index in [1.807, 2.05) is 38.4 Å². The molecule has 0 spiro atoms. The smallest absolute Gasteiger partial charge is 0.342 e. The molecule has 1 aromatic carbocycles. The van der Waals surface area contributed by atoms with Crippen LogP contribution in [0.3, 0.4) is 0 Å². The van der Waals surface area contributed by atoms with E-state index in [0.717, 1.165) is 10.2 Å². The lowest BCUT2D eigenvalue weighted by Crippen LogP contribution is -2.26. The molecule has 0 fully saturated rings. The fraction of sp³-hybridized carbons (Fsp3) is 0.286. The Bertz CT molecular complexity index is 601. The van der Waals surface area contributed by atoms with Gasteiger partial charge >= 0.3 is 5.97 Å². The van der Waals surface area contributed by atoms with Crippen LogP contribution in [-0.4, -0.2) is 36.7 Å². The Morgan fingerprint density at radius 3 is 2.85 bits per heavy atom. The Balaban J connectivity index is 2.39. The number of hydrogen-bond acceptors (Lipinski definition) is 6. The van der Waals surface area contributed by atoms with Gasteiger partial charge in [-0.2, -0.15) is 0 Å². The summed E-state index contributed by atoms with van der Waals surface area (Å²) in [4.78, 5) is 16.5. The fourth-order valence-corrected chi connectivity index (χ4v) is 2.57. The first-order valence-electron chi connectivity index (χ1n) is 6.28. The molecule has 6 heteroatoms. The van der Waals surface area contributed by atoms with Crippen LogP contribution in [0.15, 0.2) is 30.5 Å². The van der Waals surface area contributed by atoms with Crippen molar-refractivity contribution in [2.75, 3.05) is 20.7 Å². The number of hydrazine groups is 1. The molecule has 0 saturated heterocycles. The molecule has 1 aromatic heterocycles. The number of nitrogens with zero attached hydrogens (tertiary/aromatic N) is 2. The number of para-hydroxylation sites is 1. The van der Waals surface area contributed by atoms with Gasteiger partial charge in [-0.15, -0.1) is 11.3 Å². The summed E-state index contributed by atoms with van der Waals surface area (Å²) in [5.74, 6) is -0.374. The summed E-state index contributed by atoms with van der Waals surface area (Å²) >= 11 is 1.47. The summed E-state index contributed by atoms with van der Waals surface area (Å²) in [5, 5.41) is 2.39. The van der Waals surface area contributed by atoms with Crippen molar-refractivity contribution in [1.29, 1.82) is 0 Å². The summed E-state index contributed by atoms with van der Waals surface area (Å²) in [6.45, 7) is 2.12. The summed E-state index contributed by atoms with van der Waals surface area (Å²) in [7, 11) is 3.69. The van der Waals surface area contributed by atoms with Gasteiger partial charge in [0.1, 0.15) is 10.6 Å². The minimum absolute atomic E-state index is 0.336. The zero-order valence-corrected chi connectivity index (χ0v) is 12.5. The molecule has 0 amide bonds. The minimum atomic E-state index is -0.374. The third kappa shape index (κ3) is 3.34. The Hall–Kier alpha value is -1.92. The number of ether oxygens (including phenoxy) is 1. The van der Waals surface area contributed by atoms with Gasteiger partial charge < -0.3 is 10.2 Å². The highest BCUT2D eigenvalue weighted by Crippen LogP contribution is 2.27. The molecule has 0 unspecified atom stereocenters. The van der Waals surface area contributed by atoms with Crippen molar-refractivity contribution in [3.63, 3.8) is 0 Å². The van der Waals surface area contributed by atoms with Gasteiger partial charge in [-0.25, -0.2) is 14.8 Å². The predicted molar refractivity (Wildman–Crippen MR) is 81.1 cm³/mol. The monoisotopic (exact) mass is 291 g/mol. The molecular formula is C14H17N3O2S. The normalized spacial score (nSPS) is 11.9. The first-order valence-corrected chi connectivity index (χ1v) is 7.10. The van der Waals surface area contributed by atoms with Crippen molar-refractivity contribution in [3.8, 4) is 0 Å². The lowest BCUT2D eigenvalue weighted by molar-refractivity contribution is -0.136. The van der Waals surface area contributed by atoms with Gasteiger partial charge in [0.25, 0.3) is 0 Å². The van der Waals surface area contributed by atoms with Gasteiger partial charge in [0.05, 0.1) is 16.8 Å². The van der Waals surface area contributed by atoms with Gasteiger partial charge in [0, 0.05) is 20.3 Å². The van der Waals surface area contributed by atoms with Crippen molar-refractivity contribution in [2.24, 2.45) is 0 Å². The first-order chi connectivity index (χ1) is 9.61. The van der Waals surface area contributed by atoms with Crippen LogP contribution in [0, 0.1) is 0 Å². The largest absolute Gasteiger partial charge is 0.462 e. The topological polar surface area (TPSA) is 54.5 Å². The Morgan fingerprint density at radius 2 is 2.20 bits per heavy atom. The lowest BCUT2D eigenvalue weighted by atomic mass is 10.3. The minimum Gasteiger partial charge on any atom is -0.462 e. The van der Waals surface area contributed by atoms with E-state index in [1.165, 1.54) is 11.3 Å². The number of carbonyl (C=O) groups is 1. The molecule has 0 aliphatic heterocycles. The second-order valence-electron chi connectivity index (χ2n) is 4.29. The molecule has 0 radical (unpaired) electrons. The van der Waals surface area contributed by atoms with Gasteiger partial charge in [0.2, 0.25) is 0 Å². The number of hydrogen-bond donors (Lipinski definition) is 1. The third-order valence-corrected chi connectivity index (χ3v) is 3.56. The highest BCUT2D eigenvalue weighted by molar-refractivity contribution is 7.19. The second-order valence-corrected chi connectivity index (χ2v) is 5.32. The van der Waals surface area contributed by atoms with E-state index in [9.17, 15) is 4.79 Å². The van der Waals surface area contributed by atoms with E-state index in [4.69, 9.17) is 4.74 Å². The maximum Gasteiger partial charge on any atom is 0.342 e. The molecule has 0 aliphatic carbocycles. The molecule has 0 atom stereocenters. The Labute approximate surface area is 121 Å². The number of benzene rings is 1. The molecule has 1 heterocycles. The number of thiazole rings is 1. The summed E-state index contributed by atoms with van der Waals surface area (Å²) in [6, 6.07) is 7.80. The van der Waals surface area contributed by atoms with Gasteiger partial charge in [-0.3, -0.25) is 0 Å². The number of aromatic nitrogens is 1. The average molecular weight is 291 g/mol. The van der Waals surface area contributed by atoms with Crippen LogP contribution in [0.25, 0.3) is 15.8 Å². The molecule has 2 rings (SSSR count). The van der Waals surface area contributed by atoms with E-state index < -0.39 is 0 Å². The number of esters is 1. The predicted octanol–water partition coefficient (Wildman–Crippen LogP) is 2.27. The zero-order valence-electron chi connectivity index (χ0n) is 11.7. The van der Waals surface area contributed by atoms with Crippen LogP contribution in [-0.2, 0) is 9.53 Å². The van der Waals surface area contributed by atoms with Crippen molar-refractivity contribution in [3.05, 3.63) is 35.5 Å². The fourth-order valence-electron chi connectivity index (χ4n) is 1.60. The van der Waals surface area contributed by atoms with Gasteiger partial charge in [0.15, 0.2) is 0 Å². The summed E-state index contributed by atoms with van der Waals surface area (Å²) in [5.41, 5.74) is 4.28. The van der Waals surface area contributed by atoms with Crippen molar-refractivity contribution in [1.82, 2.24) is 15.4 Å². The molecule has 0 saturated carbocycles. The molecule has 2 aromatic rings. The second kappa shape index (κ2) is 6.49. The van der Waals surface area contributed by atoms with Crippen LogP contribution in [0.5, 0.6) is 0 Å². The van der Waals surface area contributed by atoms with Gasteiger partial charge in [-0.1, -0.05) is 12.1 Å². The lowest BCUT2D eigenvalue weighted by Gasteiger charge is -2.10. The van der Waals surface area contributed by atoms with Crippen LogP contribution in [0.1, 0.15) is 11.9 Å². The zero-order chi connectivity index (χ0) is 14.5. The SMILES string of the molecule is CCOC(=O)/C(=C\NN(C)C)c1nc2ccccc2s1. The average Bonchev–Trinajstić information content (AvgIpc) is 2.82. The summed E-state index contributed by atoms with van der Waals surface area (Å²) in [6.07, 6.45) is 1.62. The van der Waals surface area contributed by atoms with Crippen molar-refractivity contribution in [2.45, 2.75) is 6.92 Å². The number of carbonyl (C=O) groups excluding carboxylic acids is 1. The highest BCUT2D eigenvalue weighted by Gasteiger charge is 2.17. The maximum absolute atomic E-state index is 12.1. The van der Waals surface area contributed by atoms with E-state index in [2.05, 4.69) is 10.4 Å². The van der Waals surface area contributed by atoms with E-state index in [1.54, 1.807) is 18.1 Å². The molecule has 0 bridgehead atoms. The number of fused-ring (bicyclic) bond motifs is 1. The van der Waals surface area contributed by atoms with Crippen LogP contribution in [0.4, 0.5) is 0 Å². The van der Waals surface area contributed by atoms with E-state index in [0.29, 0.717) is 17.2 Å². The molecule has 106 valence electrons. The Morgan fingerprint density at radius 1 is 1.45 bits per heavy atom. The van der Waals surface area contributed by atoms with E-state index >= 15 is 0 Å². The molecular weight excluding hydrogens is 274 g/mol. The Kier molecular flexibility index (Phi) is 4.70. The first kappa shape index (κ1) is 14.5. The van der Waals surface area contributed by atoms with E-state index in [-0.39, 0.29) is 5.97 Å². The quantitative estimate of drug-likeness (QED) is 0.520. The molecule has 5 nitrogen and oxygen atoms in total. The standard InChI is InChI=1S/C14H17N3O2S/c1-4-19-14(18)10(9-15-17(2)3)13-16-11-7-5-6-8-12(11)20-13/h5-9,15H,4H2,1-3H3/b10-9-. The summed E-state index contributed by atoms with van der Waals surface area (Å²) < 4.78 is 6.13. The molecule has 20 heavy (non-hydrogen) atoms. The van der Waals surface area contributed by atoms with Crippen LogP contribution >= 0.6 is 11.3 Å². The van der Waals surface area contributed by atoms with Crippen LogP contribution < -0.4 is 5.43 Å². The highest BCUT2D eigenvalue weighted by atomic mass is 32.1. The number of nitrogens with one attached hydrogen (secondary N) is 1. The van der Waals surface area contributed by atoms with Crippen molar-refractivity contribution >= 4 is 33.1 Å². The molecule has 1 N–H and O–H groups in total. The number of rotatable bonds is 5. The van der Waals surface area contributed by atoms with Gasteiger partial charge in [-0.05, 0) is 19.1 Å². The maximum atomic E-state index is 12.1. The van der Waals surface area contributed by atoms with Crippen LogP contribution in [0.2, 0.25) is 0 Å². The van der Waals surface area contributed by atoms with Crippen molar-refractivity contribution < 1.29 is 9.53 Å².